The number of fused-ring (bicyclic) bond motifs is 6. The molecule has 3 nitrogen and oxygen atoms in total. The average molecular weight is 929 g/mol. The van der Waals surface area contributed by atoms with Gasteiger partial charge in [0, 0.05) is 31.0 Å². The van der Waals surface area contributed by atoms with E-state index in [9.17, 15) is 0 Å². The highest BCUT2D eigenvalue weighted by Gasteiger charge is 2.37. The zero-order chi connectivity index (χ0) is 46.9. The SMILES string of the molecule is CC(C)c1cc(C(C)C)c(B2c3ccc(-c4ccc(N5c6ccccc6Sc6ccccc65)cc4)cc3Oc3cc(-c4ccc(N5c6ccccc6Sc6ccccc65)cc4)ccc32)c(C(C)C)c1. The normalized spacial score (nSPS) is 13.4. The predicted octanol–water partition coefficient (Wildman–Crippen LogP) is 16.9. The van der Waals surface area contributed by atoms with E-state index in [0.29, 0.717) is 17.8 Å². The Hall–Kier alpha value is -6.86. The molecule has 0 spiro atoms. The number of ether oxygens (including phenoxy) is 1. The van der Waals surface area contributed by atoms with Crippen LogP contribution in [0.3, 0.4) is 0 Å². The summed E-state index contributed by atoms with van der Waals surface area (Å²) in [4.78, 5) is 9.82. The van der Waals surface area contributed by atoms with Crippen LogP contribution in [0.25, 0.3) is 22.3 Å². The Balaban J connectivity index is 0.950. The Kier molecular flexibility index (Phi) is 11.1. The van der Waals surface area contributed by atoms with Gasteiger partial charge in [0.2, 0.25) is 0 Å². The van der Waals surface area contributed by atoms with Crippen LogP contribution in [0.1, 0.15) is 76.0 Å². The first-order chi connectivity index (χ1) is 33.7. The van der Waals surface area contributed by atoms with Crippen molar-refractivity contribution >= 4 is 80.7 Å². The van der Waals surface area contributed by atoms with E-state index in [1.54, 1.807) is 0 Å². The van der Waals surface area contributed by atoms with Crippen molar-refractivity contribution < 1.29 is 4.74 Å². The van der Waals surface area contributed by atoms with Gasteiger partial charge in [0.25, 0.3) is 6.71 Å². The quantitative estimate of drug-likeness (QED) is 0.141. The summed E-state index contributed by atoms with van der Waals surface area (Å²) < 4.78 is 7.19. The first-order valence-electron chi connectivity index (χ1n) is 24.3. The molecule has 69 heavy (non-hydrogen) atoms. The maximum Gasteiger partial charge on any atom is 0.251 e. The van der Waals surface area contributed by atoms with Gasteiger partial charge in [0.05, 0.1) is 22.7 Å². The van der Waals surface area contributed by atoms with E-state index in [4.69, 9.17) is 4.74 Å². The zero-order valence-electron chi connectivity index (χ0n) is 39.9. The fourth-order valence-corrected chi connectivity index (χ4v) is 12.7. The van der Waals surface area contributed by atoms with Crippen LogP contribution in [0.5, 0.6) is 11.5 Å². The van der Waals surface area contributed by atoms with E-state index in [0.717, 1.165) is 45.1 Å². The molecule has 9 aromatic carbocycles. The Labute approximate surface area is 416 Å². The fraction of sp³-hybridized carbons (Fsp3) is 0.143. The van der Waals surface area contributed by atoms with Crippen LogP contribution in [-0.2, 0) is 0 Å². The van der Waals surface area contributed by atoms with Crippen molar-refractivity contribution in [3.63, 3.8) is 0 Å². The van der Waals surface area contributed by atoms with Gasteiger partial charge in [-0.25, -0.2) is 0 Å². The summed E-state index contributed by atoms with van der Waals surface area (Å²) in [6.07, 6.45) is 0. The minimum atomic E-state index is 0.00169. The van der Waals surface area contributed by atoms with Crippen LogP contribution in [0.2, 0.25) is 0 Å². The van der Waals surface area contributed by atoms with Gasteiger partial charge in [-0.3, -0.25) is 0 Å². The molecule has 3 heterocycles. The smallest absolute Gasteiger partial charge is 0.251 e. The summed E-state index contributed by atoms with van der Waals surface area (Å²) in [7, 11) is 0. The molecule has 0 aromatic heterocycles. The van der Waals surface area contributed by atoms with Crippen molar-refractivity contribution in [2.75, 3.05) is 9.80 Å². The van der Waals surface area contributed by atoms with Gasteiger partial charge in [0.1, 0.15) is 11.5 Å². The lowest BCUT2D eigenvalue weighted by atomic mass is 9.33. The van der Waals surface area contributed by atoms with Gasteiger partial charge in [0.15, 0.2) is 0 Å². The van der Waals surface area contributed by atoms with E-state index in [1.807, 2.05) is 23.5 Å². The lowest BCUT2D eigenvalue weighted by molar-refractivity contribution is 0.488. The third kappa shape index (κ3) is 7.66. The molecular formula is C63H53BN2OS2. The van der Waals surface area contributed by atoms with Crippen LogP contribution in [0.15, 0.2) is 214 Å². The second kappa shape index (κ2) is 17.6. The average Bonchev–Trinajstić information content (AvgIpc) is 3.38. The highest BCUT2D eigenvalue weighted by atomic mass is 32.2. The molecule has 0 fully saturated rings. The number of hydrogen-bond acceptors (Lipinski definition) is 5. The molecule has 9 aromatic rings. The second-order valence-electron chi connectivity index (χ2n) is 19.5. The van der Waals surface area contributed by atoms with Crippen molar-refractivity contribution in [2.24, 2.45) is 0 Å². The molecule has 0 saturated carbocycles. The number of anilines is 6. The van der Waals surface area contributed by atoms with Gasteiger partial charge in [-0.05, 0) is 153 Å². The summed E-state index contributed by atoms with van der Waals surface area (Å²) in [5.74, 6) is 2.95. The van der Waals surface area contributed by atoms with Gasteiger partial charge in [-0.15, -0.1) is 0 Å². The van der Waals surface area contributed by atoms with Gasteiger partial charge >= 0.3 is 0 Å². The first-order valence-corrected chi connectivity index (χ1v) is 26.0. The minimum absolute atomic E-state index is 0.00169. The molecule has 12 rings (SSSR count). The second-order valence-corrected chi connectivity index (χ2v) is 21.6. The highest BCUT2D eigenvalue weighted by molar-refractivity contribution is 8.00. The Bertz CT molecular complexity index is 3120. The number of para-hydroxylation sites is 4. The van der Waals surface area contributed by atoms with Crippen molar-refractivity contribution in [3.8, 4) is 33.8 Å². The van der Waals surface area contributed by atoms with E-state index in [2.05, 4.69) is 245 Å². The largest absolute Gasteiger partial charge is 0.458 e. The fourth-order valence-electron chi connectivity index (χ4n) is 10.6. The van der Waals surface area contributed by atoms with Gasteiger partial charge in [-0.2, -0.15) is 0 Å². The van der Waals surface area contributed by atoms with Crippen molar-refractivity contribution in [1.29, 1.82) is 0 Å². The number of hydrogen-bond donors (Lipinski definition) is 0. The summed E-state index contributed by atoms with van der Waals surface area (Å²) in [6.45, 7) is 14.1. The lowest BCUT2D eigenvalue weighted by Gasteiger charge is -2.33. The molecule has 0 bridgehead atoms. The van der Waals surface area contributed by atoms with Crippen LogP contribution in [-0.4, -0.2) is 6.71 Å². The maximum atomic E-state index is 7.19. The van der Waals surface area contributed by atoms with E-state index < -0.39 is 0 Å². The number of rotatable bonds is 8. The highest BCUT2D eigenvalue weighted by Crippen LogP contribution is 2.53. The zero-order valence-corrected chi connectivity index (χ0v) is 41.5. The van der Waals surface area contributed by atoms with E-state index in [-0.39, 0.29) is 6.71 Å². The number of benzene rings is 9. The Morgan fingerprint density at radius 2 is 0.725 bits per heavy atom. The van der Waals surface area contributed by atoms with Gasteiger partial charge < -0.3 is 14.5 Å². The molecule has 0 radical (unpaired) electrons. The molecular weight excluding hydrogens is 876 g/mol. The summed E-state index contributed by atoms with van der Waals surface area (Å²) in [5.41, 5.74) is 19.8. The van der Waals surface area contributed by atoms with E-state index in [1.165, 1.54) is 75.4 Å². The topological polar surface area (TPSA) is 15.7 Å². The molecule has 0 saturated heterocycles. The first kappa shape index (κ1) is 43.4. The standard InChI is InChI=1S/C63H53BN2OS2/c1-39(2)46-35-49(40(3)4)63(50(36-46)41(5)6)64-51-33-27-44(42-23-29-47(30-24-42)65-53-15-7-11-19-59(53)68-60-20-12-8-16-54(60)65)37-57(51)67-58-38-45(28-34-52(58)64)43-25-31-48(32-26-43)66-55-17-9-13-21-61(55)69-62-22-14-10-18-56(62)66/h7-41H,1-6H3. The molecule has 3 aliphatic rings. The van der Waals surface area contributed by atoms with Crippen LogP contribution >= 0.6 is 23.5 Å². The summed E-state index contributed by atoms with van der Waals surface area (Å²) in [6, 6.07) is 71.7. The van der Waals surface area contributed by atoms with Crippen molar-refractivity contribution in [1.82, 2.24) is 0 Å². The monoisotopic (exact) mass is 928 g/mol. The number of nitrogens with zero attached hydrogens (tertiary/aromatic N) is 2. The molecule has 0 atom stereocenters. The lowest BCUT2D eigenvalue weighted by Crippen LogP contribution is -2.57. The van der Waals surface area contributed by atoms with E-state index >= 15 is 0 Å². The third-order valence-electron chi connectivity index (χ3n) is 14.1. The van der Waals surface area contributed by atoms with Crippen LogP contribution < -0.4 is 30.9 Å². The van der Waals surface area contributed by atoms with Crippen LogP contribution in [0, 0.1) is 0 Å². The van der Waals surface area contributed by atoms with Crippen molar-refractivity contribution in [2.45, 2.75) is 78.9 Å². The van der Waals surface area contributed by atoms with Crippen molar-refractivity contribution in [3.05, 3.63) is 211 Å². The predicted molar refractivity (Wildman–Crippen MR) is 295 cm³/mol. The van der Waals surface area contributed by atoms with Gasteiger partial charge in [-0.1, -0.05) is 180 Å². The molecule has 3 aliphatic heterocycles. The maximum absolute atomic E-state index is 7.19. The molecule has 6 heteroatoms. The van der Waals surface area contributed by atoms with Crippen LogP contribution in [0.4, 0.5) is 34.1 Å². The molecule has 0 unspecified atom stereocenters. The molecule has 0 N–H and O–H groups in total. The minimum Gasteiger partial charge on any atom is -0.458 e. The molecule has 0 aliphatic carbocycles. The molecule has 336 valence electrons. The molecule has 0 amide bonds. The Morgan fingerprint density at radius 1 is 0.377 bits per heavy atom. The Morgan fingerprint density at radius 3 is 1.07 bits per heavy atom. The summed E-state index contributed by atoms with van der Waals surface area (Å²) >= 11 is 3.67. The third-order valence-corrected chi connectivity index (χ3v) is 16.4. The summed E-state index contributed by atoms with van der Waals surface area (Å²) in [5, 5.41) is 0.